The monoisotopic (exact) mass is 366 g/mol. The minimum atomic E-state index is -1.01. The standard InChI is InChI=1S/C17H16ClFN2O4/c1-11(25-15-9-5-3-7-13(15)19)17(23)21-20-16(22)10-24-14-8-4-2-6-12(14)18/h2-9,11H,10H2,1H3,(H,20,22)(H,21,23). The van der Waals surface area contributed by atoms with Gasteiger partial charge in [-0.1, -0.05) is 35.9 Å². The van der Waals surface area contributed by atoms with Crippen LogP contribution < -0.4 is 20.3 Å². The molecule has 0 aliphatic carbocycles. The highest BCUT2D eigenvalue weighted by molar-refractivity contribution is 6.32. The van der Waals surface area contributed by atoms with Gasteiger partial charge in [-0.15, -0.1) is 0 Å². The van der Waals surface area contributed by atoms with E-state index in [9.17, 15) is 14.0 Å². The third-order valence-corrected chi connectivity index (χ3v) is 3.34. The molecular formula is C17H16ClFN2O4. The Morgan fingerprint density at radius 1 is 1.08 bits per heavy atom. The number of ether oxygens (including phenoxy) is 2. The van der Waals surface area contributed by atoms with Crippen molar-refractivity contribution < 1.29 is 23.5 Å². The van der Waals surface area contributed by atoms with E-state index in [0.717, 1.165) is 0 Å². The van der Waals surface area contributed by atoms with E-state index in [1.165, 1.54) is 25.1 Å². The number of nitrogens with one attached hydrogen (secondary N) is 2. The van der Waals surface area contributed by atoms with E-state index >= 15 is 0 Å². The van der Waals surface area contributed by atoms with Crippen molar-refractivity contribution in [2.24, 2.45) is 0 Å². The number of hydrogen-bond donors (Lipinski definition) is 2. The van der Waals surface area contributed by atoms with Gasteiger partial charge in [-0.05, 0) is 31.2 Å². The molecule has 2 rings (SSSR count). The van der Waals surface area contributed by atoms with Gasteiger partial charge in [0, 0.05) is 0 Å². The van der Waals surface area contributed by atoms with Crippen molar-refractivity contribution in [3.8, 4) is 11.5 Å². The van der Waals surface area contributed by atoms with Gasteiger partial charge in [0.1, 0.15) is 5.75 Å². The molecule has 6 nitrogen and oxygen atoms in total. The van der Waals surface area contributed by atoms with Crippen molar-refractivity contribution in [2.75, 3.05) is 6.61 Å². The molecule has 0 aliphatic heterocycles. The topological polar surface area (TPSA) is 76.7 Å². The maximum atomic E-state index is 13.5. The molecule has 0 radical (unpaired) electrons. The Bertz CT molecular complexity index is 757. The van der Waals surface area contributed by atoms with E-state index in [4.69, 9.17) is 21.1 Å². The molecule has 25 heavy (non-hydrogen) atoms. The molecule has 0 fully saturated rings. The molecule has 8 heteroatoms. The molecule has 0 saturated heterocycles. The van der Waals surface area contributed by atoms with Gasteiger partial charge >= 0.3 is 0 Å². The summed E-state index contributed by atoms with van der Waals surface area (Å²) in [5, 5.41) is 0.367. The van der Waals surface area contributed by atoms with Crippen molar-refractivity contribution in [1.29, 1.82) is 0 Å². The fourth-order valence-corrected chi connectivity index (χ4v) is 1.95. The number of hydrazine groups is 1. The van der Waals surface area contributed by atoms with Gasteiger partial charge < -0.3 is 9.47 Å². The minimum absolute atomic E-state index is 0.0569. The van der Waals surface area contributed by atoms with Crippen LogP contribution in [0.25, 0.3) is 0 Å². The second-order valence-electron chi connectivity index (χ2n) is 4.95. The van der Waals surface area contributed by atoms with Gasteiger partial charge in [0.05, 0.1) is 5.02 Å². The lowest BCUT2D eigenvalue weighted by atomic mass is 10.3. The minimum Gasteiger partial charge on any atom is -0.482 e. The highest BCUT2D eigenvalue weighted by Gasteiger charge is 2.17. The molecule has 2 amide bonds. The lowest BCUT2D eigenvalue weighted by Crippen LogP contribution is -2.48. The number of rotatable bonds is 6. The van der Waals surface area contributed by atoms with Gasteiger partial charge in [-0.3, -0.25) is 20.4 Å². The number of hydrogen-bond acceptors (Lipinski definition) is 4. The molecule has 2 aromatic carbocycles. The SMILES string of the molecule is CC(Oc1ccccc1F)C(=O)NNC(=O)COc1ccccc1Cl. The molecule has 132 valence electrons. The first-order valence-electron chi connectivity index (χ1n) is 7.34. The summed E-state index contributed by atoms with van der Waals surface area (Å²) < 4.78 is 23.9. The largest absolute Gasteiger partial charge is 0.482 e. The highest BCUT2D eigenvalue weighted by atomic mass is 35.5. The lowest BCUT2D eigenvalue weighted by Gasteiger charge is -2.15. The van der Waals surface area contributed by atoms with E-state index in [0.29, 0.717) is 10.8 Å². The third kappa shape index (κ3) is 5.65. The molecule has 0 aromatic heterocycles. The van der Waals surface area contributed by atoms with Crippen LogP contribution in [0.4, 0.5) is 4.39 Å². The molecule has 1 atom stereocenters. The van der Waals surface area contributed by atoms with Crippen LogP contribution in [0.1, 0.15) is 6.92 Å². The number of halogens is 2. The summed E-state index contributed by atoms with van der Waals surface area (Å²) in [4.78, 5) is 23.5. The fraction of sp³-hybridized carbons (Fsp3) is 0.176. The van der Waals surface area contributed by atoms with Gasteiger partial charge in [0.15, 0.2) is 24.3 Å². The van der Waals surface area contributed by atoms with Crippen LogP contribution >= 0.6 is 11.6 Å². The number of carbonyl (C=O) groups excluding carboxylic acids is 2. The summed E-state index contributed by atoms with van der Waals surface area (Å²) in [5.41, 5.74) is 4.35. The molecule has 2 N–H and O–H groups in total. The maximum absolute atomic E-state index is 13.5. The van der Waals surface area contributed by atoms with E-state index in [1.54, 1.807) is 30.3 Å². The Balaban J connectivity index is 1.76. The summed E-state index contributed by atoms with van der Waals surface area (Å²) in [5.74, 6) is -1.53. The Labute approximate surface area is 148 Å². The van der Waals surface area contributed by atoms with Gasteiger partial charge in [-0.25, -0.2) is 4.39 Å². The zero-order valence-corrected chi connectivity index (χ0v) is 14.0. The van der Waals surface area contributed by atoms with Crippen LogP contribution in [0, 0.1) is 5.82 Å². The van der Waals surface area contributed by atoms with Crippen LogP contribution in [0.2, 0.25) is 5.02 Å². The van der Waals surface area contributed by atoms with Crippen LogP contribution in [-0.2, 0) is 9.59 Å². The summed E-state index contributed by atoms with van der Waals surface area (Å²) in [6.07, 6.45) is -1.01. The average molecular weight is 367 g/mol. The Kier molecular flexibility index (Phi) is 6.59. The van der Waals surface area contributed by atoms with Crippen LogP contribution in [0.5, 0.6) is 11.5 Å². The fourth-order valence-electron chi connectivity index (χ4n) is 1.76. The lowest BCUT2D eigenvalue weighted by molar-refractivity contribution is -0.133. The van der Waals surface area contributed by atoms with Crippen molar-refractivity contribution >= 4 is 23.4 Å². The van der Waals surface area contributed by atoms with Crippen molar-refractivity contribution in [3.05, 3.63) is 59.4 Å². The number of para-hydroxylation sites is 2. The molecule has 0 bridgehead atoms. The molecule has 0 spiro atoms. The van der Waals surface area contributed by atoms with E-state index in [-0.39, 0.29) is 12.4 Å². The number of carbonyl (C=O) groups is 2. The highest BCUT2D eigenvalue weighted by Crippen LogP contribution is 2.22. The first-order chi connectivity index (χ1) is 12.0. The number of benzene rings is 2. The smallest absolute Gasteiger partial charge is 0.279 e. The second kappa shape index (κ2) is 8.89. The van der Waals surface area contributed by atoms with E-state index in [2.05, 4.69) is 10.9 Å². The normalized spacial score (nSPS) is 11.3. The van der Waals surface area contributed by atoms with Crippen molar-refractivity contribution in [2.45, 2.75) is 13.0 Å². The van der Waals surface area contributed by atoms with E-state index in [1.807, 2.05) is 0 Å². The first-order valence-corrected chi connectivity index (χ1v) is 7.72. The molecule has 1 unspecified atom stereocenters. The van der Waals surface area contributed by atoms with Crippen molar-refractivity contribution in [1.82, 2.24) is 10.9 Å². The summed E-state index contributed by atoms with van der Waals surface area (Å²) in [6.45, 7) is 1.08. The van der Waals surface area contributed by atoms with Gasteiger partial charge in [0.25, 0.3) is 11.8 Å². The van der Waals surface area contributed by atoms with Gasteiger partial charge in [-0.2, -0.15) is 0 Å². The Hall–Kier alpha value is -2.80. The quantitative estimate of drug-likeness (QED) is 0.770. The zero-order valence-electron chi connectivity index (χ0n) is 13.3. The maximum Gasteiger partial charge on any atom is 0.279 e. The predicted octanol–water partition coefficient (Wildman–Crippen LogP) is 2.47. The van der Waals surface area contributed by atoms with Crippen LogP contribution in [0.3, 0.4) is 0 Å². The Morgan fingerprint density at radius 3 is 2.40 bits per heavy atom. The second-order valence-corrected chi connectivity index (χ2v) is 5.35. The molecule has 0 heterocycles. The first kappa shape index (κ1) is 18.5. The molecule has 0 saturated carbocycles. The Morgan fingerprint density at radius 2 is 1.72 bits per heavy atom. The third-order valence-electron chi connectivity index (χ3n) is 3.03. The van der Waals surface area contributed by atoms with Gasteiger partial charge in [0.2, 0.25) is 0 Å². The summed E-state index contributed by atoms with van der Waals surface area (Å²) >= 11 is 5.89. The molecular weight excluding hydrogens is 351 g/mol. The average Bonchev–Trinajstić information content (AvgIpc) is 2.60. The molecule has 0 aliphatic rings. The predicted molar refractivity (Wildman–Crippen MR) is 89.7 cm³/mol. The van der Waals surface area contributed by atoms with Crippen LogP contribution in [0.15, 0.2) is 48.5 Å². The van der Waals surface area contributed by atoms with Crippen LogP contribution in [-0.4, -0.2) is 24.5 Å². The molecule has 2 aromatic rings. The number of amides is 2. The summed E-state index contributed by atoms with van der Waals surface area (Å²) in [6, 6.07) is 12.4. The zero-order chi connectivity index (χ0) is 18.2. The van der Waals surface area contributed by atoms with Crippen molar-refractivity contribution in [3.63, 3.8) is 0 Å². The van der Waals surface area contributed by atoms with E-state index < -0.39 is 23.7 Å². The summed E-state index contributed by atoms with van der Waals surface area (Å²) in [7, 11) is 0.